The minimum absolute atomic E-state index is 0.125. The van der Waals surface area contributed by atoms with Crippen LogP contribution in [-0.4, -0.2) is 27.2 Å². The zero-order chi connectivity index (χ0) is 28.2. The second-order valence-corrected chi connectivity index (χ2v) is 10.2. The third kappa shape index (κ3) is 5.27. The molecule has 4 aromatic carbocycles. The second-order valence-electron chi connectivity index (χ2n) is 10.2. The summed E-state index contributed by atoms with van der Waals surface area (Å²) in [5, 5.41) is 6.61. The normalized spacial score (nSPS) is 14.7. The fourth-order valence-corrected chi connectivity index (χ4v) is 5.26. The molecule has 3 heterocycles. The summed E-state index contributed by atoms with van der Waals surface area (Å²) < 4.78 is 15.1. The Hall–Kier alpha value is -5.03. The smallest absolute Gasteiger partial charge is 0.104 e. The average molecular weight is 539 g/mol. The average Bonchev–Trinajstić information content (AvgIpc) is 3.79. The number of halogens is 1. The van der Waals surface area contributed by atoms with Crippen LogP contribution >= 0.6 is 0 Å². The van der Waals surface area contributed by atoms with E-state index >= 15 is 0 Å². The lowest BCUT2D eigenvalue weighted by Crippen LogP contribution is -2.10. The molecule has 41 heavy (non-hydrogen) atoms. The van der Waals surface area contributed by atoms with Crippen LogP contribution in [0.2, 0.25) is 0 Å². The Morgan fingerprint density at radius 2 is 1.54 bits per heavy atom. The number of benzene rings is 4. The summed E-state index contributed by atoms with van der Waals surface area (Å²) in [6, 6.07) is 37.0. The van der Waals surface area contributed by atoms with Crippen LogP contribution in [0.15, 0.2) is 133 Å². The summed E-state index contributed by atoms with van der Waals surface area (Å²) in [5.74, 6) is -0.125. The van der Waals surface area contributed by atoms with Crippen molar-refractivity contribution in [1.29, 1.82) is 0 Å². The quantitative estimate of drug-likeness (QED) is 0.234. The van der Waals surface area contributed by atoms with Crippen molar-refractivity contribution in [2.75, 3.05) is 0 Å². The number of para-hydroxylation sites is 1. The minimum atomic E-state index is -0.864. The molecule has 4 nitrogen and oxygen atoms in total. The van der Waals surface area contributed by atoms with Crippen LogP contribution in [-0.2, 0) is 0 Å². The number of aliphatic imine (C=N–C) groups is 1. The Morgan fingerprint density at radius 1 is 0.805 bits per heavy atom. The van der Waals surface area contributed by atoms with E-state index in [-0.39, 0.29) is 5.92 Å². The highest BCUT2D eigenvalue weighted by Crippen LogP contribution is 2.38. The van der Waals surface area contributed by atoms with E-state index < -0.39 is 6.17 Å². The van der Waals surface area contributed by atoms with Gasteiger partial charge in [-0.1, -0.05) is 104 Å². The van der Waals surface area contributed by atoms with E-state index in [1.165, 1.54) is 27.5 Å². The third-order valence-electron chi connectivity index (χ3n) is 7.57. The van der Waals surface area contributed by atoms with Gasteiger partial charge in [0.15, 0.2) is 0 Å². The van der Waals surface area contributed by atoms with Gasteiger partial charge in [0.25, 0.3) is 0 Å². The SMILES string of the molecule is C1=N/C(=C(/c2ccccc2)c2[nH]cc3ccccc23)c2ccccc21.C[C@@H](F)[C@@H](C)c1ccccc1-n1cccn1. The van der Waals surface area contributed by atoms with Gasteiger partial charge in [0.1, 0.15) is 6.17 Å². The third-order valence-corrected chi connectivity index (χ3v) is 7.57. The number of nitrogens with zero attached hydrogens (tertiary/aromatic N) is 3. The first-order valence-corrected chi connectivity index (χ1v) is 13.8. The maximum absolute atomic E-state index is 13.4. The van der Waals surface area contributed by atoms with Crippen LogP contribution in [0.3, 0.4) is 0 Å². The van der Waals surface area contributed by atoms with E-state index in [4.69, 9.17) is 4.99 Å². The van der Waals surface area contributed by atoms with Crippen molar-refractivity contribution >= 4 is 28.3 Å². The first kappa shape index (κ1) is 26.2. The molecule has 0 aliphatic carbocycles. The molecule has 2 atom stereocenters. The number of rotatable bonds is 5. The summed E-state index contributed by atoms with van der Waals surface area (Å²) in [6.07, 6.45) is 6.75. The van der Waals surface area contributed by atoms with Gasteiger partial charge in [0.05, 0.1) is 17.1 Å². The summed E-state index contributed by atoms with van der Waals surface area (Å²) in [7, 11) is 0. The van der Waals surface area contributed by atoms with Gasteiger partial charge >= 0.3 is 0 Å². The summed E-state index contributed by atoms with van der Waals surface area (Å²) >= 11 is 0. The molecule has 0 fully saturated rings. The predicted octanol–water partition coefficient (Wildman–Crippen LogP) is 8.85. The fourth-order valence-electron chi connectivity index (χ4n) is 5.26. The van der Waals surface area contributed by atoms with Gasteiger partial charge < -0.3 is 4.98 Å². The van der Waals surface area contributed by atoms with Gasteiger partial charge in [-0.05, 0) is 35.6 Å². The minimum Gasteiger partial charge on any atom is -0.360 e. The molecule has 0 spiro atoms. The molecule has 0 unspecified atom stereocenters. The van der Waals surface area contributed by atoms with E-state index in [1.54, 1.807) is 17.8 Å². The lowest BCUT2D eigenvalue weighted by Gasteiger charge is -2.17. The molecule has 6 aromatic rings. The van der Waals surface area contributed by atoms with E-state index in [0.29, 0.717) is 0 Å². The number of aromatic nitrogens is 3. The molecule has 5 heteroatoms. The van der Waals surface area contributed by atoms with Crippen molar-refractivity contribution in [2.45, 2.75) is 25.9 Å². The highest BCUT2D eigenvalue weighted by atomic mass is 19.1. The van der Waals surface area contributed by atoms with Crippen LogP contribution in [0.1, 0.15) is 47.7 Å². The highest BCUT2D eigenvalue weighted by molar-refractivity contribution is 6.11. The highest BCUT2D eigenvalue weighted by Gasteiger charge is 2.21. The second kappa shape index (κ2) is 11.6. The van der Waals surface area contributed by atoms with E-state index in [1.807, 2.05) is 55.7 Å². The van der Waals surface area contributed by atoms with E-state index in [2.05, 4.69) is 89.1 Å². The number of aromatic amines is 1. The predicted molar refractivity (Wildman–Crippen MR) is 167 cm³/mol. The first-order chi connectivity index (χ1) is 20.1. The maximum Gasteiger partial charge on any atom is 0.104 e. The molecule has 202 valence electrons. The number of fused-ring (bicyclic) bond motifs is 2. The molecule has 1 N–H and O–H groups in total. The number of H-pyrrole nitrogens is 1. The molecular weight excluding hydrogens is 507 g/mol. The Balaban J connectivity index is 0.000000164. The Labute approximate surface area is 239 Å². The van der Waals surface area contributed by atoms with Gasteiger partial charge in [-0.15, -0.1) is 0 Å². The van der Waals surface area contributed by atoms with Crippen molar-refractivity contribution in [1.82, 2.24) is 14.8 Å². The number of hydrogen-bond donors (Lipinski definition) is 1. The van der Waals surface area contributed by atoms with Gasteiger partial charge in [0.2, 0.25) is 0 Å². The number of nitrogens with one attached hydrogen (secondary N) is 1. The van der Waals surface area contributed by atoms with Gasteiger partial charge in [-0.3, -0.25) is 4.99 Å². The van der Waals surface area contributed by atoms with Crippen molar-refractivity contribution in [3.63, 3.8) is 0 Å². The summed E-state index contributed by atoms with van der Waals surface area (Å²) in [4.78, 5) is 8.27. The van der Waals surface area contributed by atoms with Crippen molar-refractivity contribution in [3.05, 3.63) is 156 Å². The molecule has 0 saturated carbocycles. The van der Waals surface area contributed by atoms with Crippen molar-refractivity contribution < 1.29 is 4.39 Å². The van der Waals surface area contributed by atoms with Crippen LogP contribution in [0.4, 0.5) is 4.39 Å². The van der Waals surface area contributed by atoms with Crippen LogP contribution in [0.25, 0.3) is 27.7 Å². The standard InChI is InChI=1S/C23H16N2.C13H15FN2/c1-2-8-16(9-3-1)21(22-19-12-6-4-10-17(19)14-24-22)23-20-13-7-5-11-18(20)15-25-23;1-10(11(2)14)12-6-3-4-7-13(12)16-9-5-8-15-16/h1-15,24H;3-11H,1-2H3/b23-21-;/t;10-,11-/m.1/s1. The van der Waals surface area contributed by atoms with Gasteiger partial charge in [0, 0.05) is 52.8 Å². The largest absolute Gasteiger partial charge is 0.360 e. The molecule has 2 aromatic heterocycles. The Morgan fingerprint density at radius 3 is 2.34 bits per heavy atom. The summed E-state index contributed by atoms with van der Waals surface area (Å²) in [5.41, 5.74) is 8.73. The molecule has 0 amide bonds. The number of hydrogen-bond acceptors (Lipinski definition) is 2. The molecule has 0 saturated heterocycles. The summed E-state index contributed by atoms with van der Waals surface area (Å²) in [6.45, 7) is 3.48. The van der Waals surface area contributed by atoms with Crippen LogP contribution in [0, 0.1) is 0 Å². The lowest BCUT2D eigenvalue weighted by atomic mass is 9.94. The Bertz CT molecular complexity index is 1830. The molecule has 1 aliphatic heterocycles. The Kier molecular flexibility index (Phi) is 7.42. The number of alkyl halides is 1. The van der Waals surface area contributed by atoms with E-state index in [0.717, 1.165) is 28.2 Å². The topological polar surface area (TPSA) is 46.0 Å². The van der Waals surface area contributed by atoms with Crippen LogP contribution < -0.4 is 0 Å². The zero-order valence-corrected chi connectivity index (χ0v) is 23.1. The molecule has 0 bridgehead atoms. The van der Waals surface area contributed by atoms with E-state index in [9.17, 15) is 4.39 Å². The maximum atomic E-state index is 13.4. The van der Waals surface area contributed by atoms with Crippen LogP contribution in [0.5, 0.6) is 0 Å². The van der Waals surface area contributed by atoms with Crippen molar-refractivity contribution in [2.24, 2.45) is 4.99 Å². The first-order valence-electron chi connectivity index (χ1n) is 13.8. The molecule has 1 aliphatic rings. The molecule has 0 radical (unpaired) electrons. The lowest BCUT2D eigenvalue weighted by molar-refractivity contribution is 0.317. The fraction of sp³-hybridized carbons (Fsp3) is 0.111. The van der Waals surface area contributed by atoms with Gasteiger partial charge in [-0.2, -0.15) is 5.10 Å². The molecule has 7 rings (SSSR count). The van der Waals surface area contributed by atoms with Crippen molar-refractivity contribution in [3.8, 4) is 5.69 Å². The molecular formula is C36H31FN4. The monoisotopic (exact) mass is 538 g/mol. The van der Waals surface area contributed by atoms with Gasteiger partial charge in [-0.25, -0.2) is 9.07 Å². The zero-order valence-electron chi connectivity index (χ0n) is 23.1.